The summed E-state index contributed by atoms with van der Waals surface area (Å²) in [6.07, 6.45) is 0. The van der Waals surface area contributed by atoms with Gasteiger partial charge >= 0.3 is 0 Å². The van der Waals surface area contributed by atoms with Crippen molar-refractivity contribution < 1.29 is 0 Å². The molecule has 4 aromatic rings. The van der Waals surface area contributed by atoms with Gasteiger partial charge < -0.3 is 4.90 Å². The van der Waals surface area contributed by atoms with Crippen molar-refractivity contribution in [1.29, 1.82) is 0 Å². The van der Waals surface area contributed by atoms with Crippen LogP contribution in [-0.2, 0) is 6.54 Å². The lowest BCUT2D eigenvalue weighted by Crippen LogP contribution is -2.24. The van der Waals surface area contributed by atoms with E-state index in [1.54, 1.807) is 16.3 Å². The maximum absolute atomic E-state index is 13.1. The third kappa shape index (κ3) is 3.48. The van der Waals surface area contributed by atoms with Crippen LogP contribution in [0.3, 0.4) is 0 Å². The molecule has 138 valence electrons. The van der Waals surface area contributed by atoms with E-state index in [2.05, 4.69) is 29.2 Å². The van der Waals surface area contributed by atoms with Crippen molar-refractivity contribution in [2.24, 2.45) is 0 Å². The van der Waals surface area contributed by atoms with Crippen molar-refractivity contribution in [2.45, 2.75) is 11.7 Å². The van der Waals surface area contributed by atoms with Crippen LogP contribution in [0.4, 0.5) is 0 Å². The number of nitrogens with zero attached hydrogens (tertiary/aromatic N) is 5. The molecular formula is C20H21N5OS. The Hall–Kier alpha value is -2.64. The fourth-order valence-electron chi connectivity index (χ4n) is 3.06. The number of rotatable bonds is 6. The van der Waals surface area contributed by atoms with E-state index in [0.717, 1.165) is 28.5 Å². The predicted octanol–water partition coefficient (Wildman–Crippen LogP) is 2.75. The van der Waals surface area contributed by atoms with E-state index in [1.165, 1.54) is 0 Å². The smallest absolute Gasteiger partial charge is 0.263 e. The molecule has 27 heavy (non-hydrogen) atoms. The number of fused-ring (bicyclic) bond motifs is 3. The van der Waals surface area contributed by atoms with Crippen molar-refractivity contribution in [3.05, 3.63) is 70.5 Å². The Bertz CT molecular complexity index is 1130. The molecule has 4 rings (SSSR count). The molecule has 0 spiro atoms. The first-order valence-corrected chi connectivity index (χ1v) is 9.82. The number of hydrogen-bond acceptors (Lipinski definition) is 5. The zero-order valence-electron chi connectivity index (χ0n) is 15.4. The van der Waals surface area contributed by atoms with Crippen molar-refractivity contribution in [2.75, 3.05) is 26.4 Å². The highest BCUT2D eigenvalue weighted by molar-refractivity contribution is 7.99. The second-order valence-electron chi connectivity index (χ2n) is 6.66. The minimum atomic E-state index is -0.0424. The van der Waals surface area contributed by atoms with Gasteiger partial charge in [0.2, 0.25) is 5.78 Å². The molecule has 0 N–H and O–H groups in total. The Labute approximate surface area is 161 Å². The summed E-state index contributed by atoms with van der Waals surface area (Å²) in [5.74, 6) is 1.48. The molecule has 0 aliphatic rings. The summed E-state index contributed by atoms with van der Waals surface area (Å²) in [4.78, 5) is 15.3. The zero-order chi connectivity index (χ0) is 18.8. The summed E-state index contributed by atoms with van der Waals surface area (Å²) in [6.45, 7) is 1.41. The van der Waals surface area contributed by atoms with Crippen LogP contribution in [0.25, 0.3) is 16.7 Å². The molecule has 7 heteroatoms. The van der Waals surface area contributed by atoms with E-state index in [1.807, 2.05) is 59.0 Å². The Kier molecular flexibility index (Phi) is 4.96. The molecule has 0 saturated carbocycles. The molecule has 0 aliphatic heterocycles. The first-order chi connectivity index (χ1) is 13.1. The quantitative estimate of drug-likeness (QED) is 0.482. The van der Waals surface area contributed by atoms with E-state index >= 15 is 0 Å². The fourth-order valence-corrected chi connectivity index (χ4v) is 4.10. The Balaban J connectivity index is 1.88. The summed E-state index contributed by atoms with van der Waals surface area (Å²) < 4.78 is 3.71. The molecule has 0 unspecified atom stereocenters. The minimum Gasteiger partial charge on any atom is -0.309 e. The lowest BCUT2D eigenvalue weighted by atomic mass is 10.2. The summed E-state index contributed by atoms with van der Waals surface area (Å²) in [6, 6.07) is 17.6. The van der Waals surface area contributed by atoms with Gasteiger partial charge in [-0.05, 0) is 31.8 Å². The van der Waals surface area contributed by atoms with Gasteiger partial charge in [-0.25, -0.2) is 0 Å². The Morgan fingerprint density at radius 1 is 1.00 bits per heavy atom. The van der Waals surface area contributed by atoms with E-state index in [0.29, 0.717) is 17.7 Å². The molecule has 2 aromatic carbocycles. The summed E-state index contributed by atoms with van der Waals surface area (Å²) in [5, 5.41) is 10.2. The van der Waals surface area contributed by atoms with Crippen molar-refractivity contribution in [3.8, 4) is 0 Å². The molecule has 0 bridgehead atoms. The second kappa shape index (κ2) is 7.54. The highest BCUT2D eigenvalue weighted by atomic mass is 32.2. The second-order valence-corrected chi connectivity index (χ2v) is 7.73. The lowest BCUT2D eigenvalue weighted by molar-refractivity contribution is 0.437. The number of hydrogen-bond donors (Lipinski definition) is 0. The van der Waals surface area contributed by atoms with Gasteiger partial charge in [0.25, 0.3) is 5.56 Å². The molecular weight excluding hydrogens is 358 g/mol. The molecule has 6 nitrogen and oxygen atoms in total. The fraction of sp³-hybridized carbons (Fsp3) is 0.250. The number of thioether (sulfide) groups is 1. The molecule has 0 atom stereocenters. The number of benzene rings is 2. The first-order valence-electron chi connectivity index (χ1n) is 8.83. The highest BCUT2D eigenvalue weighted by Crippen LogP contribution is 2.22. The van der Waals surface area contributed by atoms with Crippen LogP contribution in [-0.4, -0.2) is 50.5 Å². The Morgan fingerprint density at radius 3 is 2.52 bits per heavy atom. The van der Waals surface area contributed by atoms with Gasteiger partial charge in [-0.15, -0.1) is 10.2 Å². The maximum Gasteiger partial charge on any atom is 0.263 e. The summed E-state index contributed by atoms with van der Waals surface area (Å²) in [5.41, 5.74) is 1.86. The van der Waals surface area contributed by atoms with Crippen LogP contribution in [0.2, 0.25) is 0 Å². The molecule has 0 saturated heterocycles. The van der Waals surface area contributed by atoms with Gasteiger partial charge in [-0.3, -0.25) is 13.8 Å². The van der Waals surface area contributed by atoms with Crippen LogP contribution < -0.4 is 5.56 Å². The SMILES string of the molecule is CN(C)CCSc1nnc2n(Cc3ccccc3)c(=O)c3ccccc3n12. The average molecular weight is 379 g/mol. The third-order valence-corrected chi connectivity index (χ3v) is 5.34. The van der Waals surface area contributed by atoms with Gasteiger partial charge in [0.15, 0.2) is 5.16 Å². The van der Waals surface area contributed by atoms with Gasteiger partial charge in [-0.2, -0.15) is 0 Å². The predicted molar refractivity (Wildman–Crippen MR) is 110 cm³/mol. The molecule has 0 amide bonds. The molecule has 2 aromatic heterocycles. The largest absolute Gasteiger partial charge is 0.309 e. The van der Waals surface area contributed by atoms with Crippen LogP contribution in [0.15, 0.2) is 64.5 Å². The maximum atomic E-state index is 13.1. The van der Waals surface area contributed by atoms with Crippen molar-refractivity contribution >= 4 is 28.4 Å². The normalized spacial score (nSPS) is 11.7. The van der Waals surface area contributed by atoms with Gasteiger partial charge in [-0.1, -0.05) is 54.2 Å². The standard InChI is InChI=1S/C20H21N5OS/c1-23(2)12-13-27-20-22-21-19-24(14-15-8-4-3-5-9-15)18(26)16-10-6-7-11-17(16)25(19)20/h3-11H,12-14H2,1-2H3. The number of aromatic nitrogens is 4. The average Bonchev–Trinajstić information content (AvgIpc) is 3.10. The zero-order valence-corrected chi connectivity index (χ0v) is 16.2. The summed E-state index contributed by atoms with van der Waals surface area (Å²) in [7, 11) is 4.10. The monoisotopic (exact) mass is 379 g/mol. The van der Waals surface area contributed by atoms with Crippen LogP contribution >= 0.6 is 11.8 Å². The van der Waals surface area contributed by atoms with E-state index in [9.17, 15) is 4.79 Å². The minimum absolute atomic E-state index is 0.0424. The molecule has 2 heterocycles. The van der Waals surface area contributed by atoms with Crippen LogP contribution in [0, 0.1) is 0 Å². The number of para-hydroxylation sites is 1. The molecule has 0 fully saturated rings. The van der Waals surface area contributed by atoms with E-state index in [-0.39, 0.29) is 5.56 Å². The van der Waals surface area contributed by atoms with Gasteiger partial charge in [0.1, 0.15) is 0 Å². The lowest BCUT2D eigenvalue weighted by Gasteiger charge is -2.12. The van der Waals surface area contributed by atoms with E-state index < -0.39 is 0 Å². The highest BCUT2D eigenvalue weighted by Gasteiger charge is 2.16. The van der Waals surface area contributed by atoms with Gasteiger partial charge in [0, 0.05) is 12.3 Å². The first kappa shape index (κ1) is 17.8. The van der Waals surface area contributed by atoms with Gasteiger partial charge in [0.05, 0.1) is 17.4 Å². The van der Waals surface area contributed by atoms with Crippen molar-refractivity contribution in [3.63, 3.8) is 0 Å². The molecule has 0 radical (unpaired) electrons. The molecule has 0 aliphatic carbocycles. The van der Waals surface area contributed by atoms with Crippen LogP contribution in [0.1, 0.15) is 5.56 Å². The topological polar surface area (TPSA) is 55.4 Å². The summed E-state index contributed by atoms with van der Waals surface area (Å²) >= 11 is 1.65. The van der Waals surface area contributed by atoms with Crippen LogP contribution in [0.5, 0.6) is 0 Å². The van der Waals surface area contributed by atoms with Crippen molar-refractivity contribution in [1.82, 2.24) is 24.1 Å². The van der Waals surface area contributed by atoms with E-state index in [4.69, 9.17) is 0 Å². The Morgan fingerprint density at radius 2 is 1.74 bits per heavy atom. The third-order valence-electron chi connectivity index (χ3n) is 4.43.